The molecule has 1 N–H and O–H groups in total. The SMILES string of the molecule is CNCc1ccc(Oc2ccc(F)cc2C)nn1. The second-order valence-corrected chi connectivity index (χ2v) is 3.91. The molecule has 94 valence electrons. The Labute approximate surface area is 105 Å². The predicted molar refractivity (Wildman–Crippen MR) is 66.0 cm³/mol. The summed E-state index contributed by atoms with van der Waals surface area (Å²) >= 11 is 0. The predicted octanol–water partition coefficient (Wildman–Crippen LogP) is 2.44. The van der Waals surface area contributed by atoms with Crippen molar-refractivity contribution in [2.75, 3.05) is 7.05 Å². The maximum absolute atomic E-state index is 12.9. The van der Waals surface area contributed by atoms with Crippen LogP contribution in [0.15, 0.2) is 30.3 Å². The van der Waals surface area contributed by atoms with Gasteiger partial charge in [0, 0.05) is 12.6 Å². The van der Waals surface area contributed by atoms with Gasteiger partial charge in [0.25, 0.3) is 0 Å². The Bertz CT molecular complexity index is 528. The van der Waals surface area contributed by atoms with Gasteiger partial charge < -0.3 is 10.1 Å². The van der Waals surface area contributed by atoms with E-state index >= 15 is 0 Å². The first-order valence-electron chi connectivity index (χ1n) is 5.60. The Morgan fingerprint density at radius 2 is 2.06 bits per heavy atom. The van der Waals surface area contributed by atoms with Gasteiger partial charge in [-0.05, 0) is 43.8 Å². The highest BCUT2D eigenvalue weighted by atomic mass is 19.1. The van der Waals surface area contributed by atoms with Crippen LogP contribution in [0.1, 0.15) is 11.3 Å². The smallest absolute Gasteiger partial charge is 0.238 e. The van der Waals surface area contributed by atoms with Crippen LogP contribution in [0.4, 0.5) is 4.39 Å². The number of nitrogens with zero attached hydrogens (tertiary/aromatic N) is 2. The molecule has 0 bridgehead atoms. The molecule has 0 aliphatic heterocycles. The molecular formula is C13H14FN3O. The zero-order valence-electron chi connectivity index (χ0n) is 10.3. The number of hydrogen-bond donors (Lipinski definition) is 1. The molecule has 2 aromatic rings. The van der Waals surface area contributed by atoms with Crippen LogP contribution in [-0.4, -0.2) is 17.2 Å². The number of rotatable bonds is 4. The molecule has 0 fully saturated rings. The average Bonchev–Trinajstić information content (AvgIpc) is 2.35. The van der Waals surface area contributed by atoms with Crippen molar-refractivity contribution in [2.24, 2.45) is 0 Å². The highest BCUT2D eigenvalue weighted by Crippen LogP contribution is 2.23. The van der Waals surface area contributed by atoms with Gasteiger partial charge in [-0.15, -0.1) is 5.10 Å². The molecule has 0 aliphatic carbocycles. The van der Waals surface area contributed by atoms with Gasteiger partial charge in [-0.3, -0.25) is 0 Å². The zero-order valence-corrected chi connectivity index (χ0v) is 10.3. The van der Waals surface area contributed by atoms with Crippen molar-refractivity contribution >= 4 is 0 Å². The number of nitrogens with one attached hydrogen (secondary N) is 1. The van der Waals surface area contributed by atoms with Gasteiger partial charge in [0.15, 0.2) is 0 Å². The summed E-state index contributed by atoms with van der Waals surface area (Å²) in [7, 11) is 1.84. The van der Waals surface area contributed by atoms with Crippen LogP contribution in [0.25, 0.3) is 0 Å². The first kappa shape index (κ1) is 12.4. The average molecular weight is 247 g/mol. The Morgan fingerprint density at radius 3 is 2.67 bits per heavy atom. The third-order valence-electron chi connectivity index (χ3n) is 2.40. The molecule has 0 radical (unpaired) electrons. The van der Waals surface area contributed by atoms with Gasteiger partial charge in [0.1, 0.15) is 11.6 Å². The summed E-state index contributed by atoms with van der Waals surface area (Å²) in [4.78, 5) is 0. The van der Waals surface area contributed by atoms with Crippen LogP contribution in [0.3, 0.4) is 0 Å². The van der Waals surface area contributed by atoms with E-state index in [9.17, 15) is 4.39 Å². The number of aromatic nitrogens is 2. The van der Waals surface area contributed by atoms with E-state index < -0.39 is 0 Å². The molecule has 18 heavy (non-hydrogen) atoms. The Morgan fingerprint density at radius 1 is 1.22 bits per heavy atom. The zero-order chi connectivity index (χ0) is 13.0. The van der Waals surface area contributed by atoms with Crippen LogP contribution in [0.2, 0.25) is 0 Å². The molecule has 1 aromatic heterocycles. The molecule has 1 aromatic carbocycles. The standard InChI is InChI=1S/C13H14FN3O/c1-9-7-10(14)3-5-12(9)18-13-6-4-11(8-15-2)16-17-13/h3-7,15H,8H2,1-2H3. The summed E-state index contributed by atoms with van der Waals surface area (Å²) in [6.07, 6.45) is 0. The van der Waals surface area contributed by atoms with Gasteiger partial charge in [0.05, 0.1) is 5.69 Å². The summed E-state index contributed by atoms with van der Waals surface area (Å²) in [5.41, 5.74) is 1.55. The van der Waals surface area contributed by atoms with Crippen LogP contribution in [0, 0.1) is 12.7 Å². The molecule has 0 aliphatic rings. The maximum atomic E-state index is 12.9. The van der Waals surface area contributed by atoms with Crippen molar-refractivity contribution in [2.45, 2.75) is 13.5 Å². The van der Waals surface area contributed by atoms with Crippen LogP contribution < -0.4 is 10.1 Å². The Hall–Kier alpha value is -2.01. The second kappa shape index (κ2) is 5.55. The number of benzene rings is 1. The highest BCUT2D eigenvalue weighted by molar-refractivity contribution is 5.35. The summed E-state index contributed by atoms with van der Waals surface area (Å²) in [6, 6.07) is 7.91. The summed E-state index contributed by atoms with van der Waals surface area (Å²) in [5, 5.41) is 10.9. The topological polar surface area (TPSA) is 47.0 Å². The number of halogens is 1. The van der Waals surface area contributed by atoms with E-state index in [-0.39, 0.29) is 5.82 Å². The molecule has 1 heterocycles. The largest absolute Gasteiger partial charge is 0.437 e. The van der Waals surface area contributed by atoms with Crippen LogP contribution >= 0.6 is 0 Å². The van der Waals surface area contributed by atoms with Crippen molar-refractivity contribution in [3.8, 4) is 11.6 Å². The summed E-state index contributed by atoms with van der Waals surface area (Å²) < 4.78 is 18.5. The van der Waals surface area contributed by atoms with Crippen molar-refractivity contribution in [3.63, 3.8) is 0 Å². The van der Waals surface area contributed by atoms with Gasteiger partial charge in [-0.2, -0.15) is 5.10 Å². The number of hydrogen-bond acceptors (Lipinski definition) is 4. The first-order chi connectivity index (χ1) is 8.69. The molecule has 0 unspecified atom stereocenters. The number of aryl methyl sites for hydroxylation is 1. The van der Waals surface area contributed by atoms with Crippen LogP contribution in [0.5, 0.6) is 11.6 Å². The quantitative estimate of drug-likeness (QED) is 0.901. The lowest BCUT2D eigenvalue weighted by Crippen LogP contribution is -2.07. The lowest BCUT2D eigenvalue weighted by atomic mass is 10.2. The molecule has 0 saturated heterocycles. The normalized spacial score (nSPS) is 10.4. The Balaban J connectivity index is 2.13. The maximum Gasteiger partial charge on any atom is 0.238 e. The van der Waals surface area contributed by atoms with E-state index in [1.807, 2.05) is 13.1 Å². The number of ether oxygens (including phenoxy) is 1. The Kier molecular flexibility index (Phi) is 3.84. The fourth-order valence-corrected chi connectivity index (χ4v) is 1.52. The molecular weight excluding hydrogens is 233 g/mol. The van der Waals surface area contributed by atoms with Gasteiger partial charge in [0.2, 0.25) is 5.88 Å². The van der Waals surface area contributed by atoms with Crippen molar-refractivity contribution < 1.29 is 9.13 Å². The fourth-order valence-electron chi connectivity index (χ4n) is 1.52. The van der Waals surface area contributed by atoms with E-state index in [4.69, 9.17) is 4.74 Å². The third-order valence-corrected chi connectivity index (χ3v) is 2.40. The molecule has 4 nitrogen and oxygen atoms in total. The van der Waals surface area contributed by atoms with Gasteiger partial charge in [-0.25, -0.2) is 4.39 Å². The molecule has 0 spiro atoms. The minimum atomic E-state index is -0.282. The minimum Gasteiger partial charge on any atom is -0.437 e. The second-order valence-electron chi connectivity index (χ2n) is 3.91. The van der Waals surface area contributed by atoms with E-state index in [0.717, 1.165) is 11.3 Å². The van der Waals surface area contributed by atoms with Crippen molar-refractivity contribution in [3.05, 3.63) is 47.4 Å². The van der Waals surface area contributed by atoms with Gasteiger partial charge >= 0.3 is 0 Å². The molecule has 0 amide bonds. The molecule has 2 rings (SSSR count). The molecule has 5 heteroatoms. The van der Waals surface area contributed by atoms with Crippen molar-refractivity contribution in [1.82, 2.24) is 15.5 Å². The first-order valence-corrected chi connectivity index (χ1v) is 5.60. The van der Waals surface area contributed by atoms with E-state index in [0.29, 0.717) is 18.2 Å². The van der Waals surface area contributed by atoms with Crippen LogP contribution in [-0.2, 0) is 6.54 Å². The summed E-state index contributed by atoms with van der Waals surface area (Å²) in [5.74, 6) is 0.687. The monoisotopic (exact) mass is 247 g/mol. The highest BCUT2D eigenvalue weighted by Gasteiger charge is 2.04. The van der Waals surface area contributed by atoms with Gasteiger partial charge in [-0.1, -0.05) is 0 Å². The lowest BCUT2D eigenvalue weighted by molar-refractivity contribution is 0.448. The lowest BCUT2D eigenvalue weighted by Gasteiger charge is -2.07. The molecule has 0 atom stereocenters. The summed E-state index contributed by atoms with van der Waals surface area (Å²) in [6.45, 7) is 2.43. The fraction of sp³-hybridized carbons (Fsp3) is 0.231. The van der Waals surface area contributed by atoms with Crippen molar-refractivity contribution in [1.29, 1.82) is 0 Å². The molecule has 0 saturated carbocycles. The minimum absolute atomic E-state index is 0.282. The third kappa shape index (κ3) is 3.01. The van der Waals surface area contributed by atoms with E-state index in [2.05, 4.69) is 15.5 Å². The van der Waals surface area contributed by atoms with E-state index in [1.165, 1.54) is 12.1 Å². The van der Waals surface area contributed by atoms with E-state index in [1.54, 1.807) is 19.1 Å².